The Morgan fingerprint density at radius 1 is 1.37 bits per heavy atom. The van der Waals surface area contributed by atoms with Crippen molar-refractivity contribution >= 4 is 28.9 Å². The van der Waals surface area contributed by atoms with Gasteiger partial charge in [0.25, 0.3) is 0 Å². The third kappa shape index (κ3) is 3.74. The Hall–Kier alpha value is -0.510. The van der Waals surface area contributed by atoms with Crippen LogP contribution < -0.4 is 10.2 Å². The summed E-state index contributed by atoms with van der Waals surface area (Å²) < 4.78 is 13.5. The molecule has 0 amide bonds. The van der Waals surface area contributed by atoms with E-state index in [1.165, 1.54) is 0 Å². The average Bonchev–Trinajstić information content (AvgIpc) is 2.61. The van der Waals surface area contributed by atoms with Gasteiger partial charge in [-0.1, -0.05) is 36.5 Å². The molecule has 1 fully saturated rings. The van der Waals surface area contributed by atoms with Crippen molar-refractivity contribution in [2.45, 2.75) is 32.2 Å². The molecule has 0 saturated carbocycles. The number of nitrogens with zero attached hydrogens (tertiary/aromatic N) is 1. The van der Waals surface area contributed by atoms with Crippen molar-refractivity contribution in [2.75, 3.05) is 24.5 Å². The summed E-state index contributed by atoms with van der Waals surface area (Å²) in [5, 5.41) is 3.72. The van der Waals surface area contributed by atoms with Gasteiger partial charge in [0.1, 0.15) is 0 Å². The second-order valence-electron chi connectivity index (χ2n) is 4.96. The summed E-state index contributed by atoms with van der Waals surface area (Å²) in [4.78, 5) is 2.23. The van der Waals surface area contributed by atoms with Crippen LogP contribution in [0.25, 0.3) is 0 Å². The lowest BCUT2D eigenvalue weighted by molar-refractivity contribution is 0.502. The summed E-state index contributed by atoms with van der Waals surface area (Å²) in [7, 11) is 0. The first-order chi connectivity index (χ1) is 9.11. The molecular formula is C14H19Cl2FN2. The van der Waals surface area contributed by atoms with E-state index in [1.807, 2.05) is 0 Å². The van der Waals surface area contributed by atoms with Crippen molar-refractivity contribution in [3.05, 3.63) is 28.0 Å². The Morgan fingerprint density at radius 3 is 2.68 bits per heavy atom. The zero-order valence-electron chi connectivity index (χ0n) is 11.1. The lowest BCUT2D eigenvalue weighted by atomic mass is 10.1. The minimum atomic E-state index is -0.537. The molecule has 5 heteroatoms. The van der Waals surface area contributed by atoms with E-state index in [0.29, 0.717) is 6.04 Å². The summed E-state index contributed by atoms with van der Waals surface area (Å²) in [5.74, 6) is -0.537. The molecular weight excluding hydrogens is 286 g/mol. The molecule has 0 aliphatic carbocycles. The lowest BCUT2D eigenvalue weighted by Crippen LogP contribution is -2.37. The Labute approximate surface area is 123 Å². The molecule has 2 nitrogen and oxygen atoms in total. The van der Waals surface area contributed by atoms with E-state index in [-0.39, 0.29) is 10.0 Å². The van der Waals surface area contributed by atoms with E-state index in [9.17, 15) is 4.39 Å². The minimum Gasteiger partial charge on any atom is -0.370 e. The number of nitrogens with one attached hydrogen (secondary N) is 1. The molecule has 1 aliphatic rings. The van der Waals surface area contributed by atoms with Gasteiger partial charge in [-0.2, -0.15) is 0 Å². The maximum absolute atomic E-state index is 13.5. The van der Waals surface area contributed by atoms with E-state index >= 15 is 0 Å². The highest BCUT2D eigenvalue weighted by atomic mass is 35.5. The second kappa shape index (κ2) is 6.78. The summed E-state index contributed by atoms with van der Waals surface area (Å²) >= 11 is 11.7. The van der Waals surface area contributed by atoms with Crippen LogP contribution in [0.4, 0.5) is 10.1 Å². The van der Waals surface area contributed by atoms with E-state index < -0.39 is 5.82 Å². The molecule has 1 heterocycles. The molecule has 1 unspecified atom stereocenters. The van der Waals surface area contributed by atoms with Crippen LogP contribution in [0.2, 0.25) is 10.0 Å². The largest absolute Gasteiger partial charge is 0.370 e. The van der Waals surface area contributed by atoms with Gasteiger partial charge >= 0.3 is 0 Å². The SMILES string of the molecule is CCCC1CN(c2cc(Cl)c(F)c(Cl)c2)CCCN1. The third-order valence-corrected chi connectivity index (χ3v) is 4.00. The smallest absolute Gasteiger partial charge is 0.160 e. The molecule has 19 heavy (non-hydrogen) atoms. The van der Waals surface area contributed by atoms with Crippen LogP contribution in [0.3, 0.4) is 0 Å². The van der Waals surface area contributed by atoms with Gasteiger partial charge in [0.15, 0.2) is 5.82 Å². The van der Waals surface area contributed by atoms with Gasteiger partial charge in [0.05, 0.1) is 10.0 Å². The maximum Gasteiger partial charge on any atom is 0.160 e. The van der Waals surface area contributed by atoms with E-state index in [4.69, 9.17) is 23.2 Å². The first-order valence-electron chi connectivity index (χ1n) is 6.74. The van der Waals surface area contributed by atoms with Gasteiger partial charge in [-0.25, -0.2) is 4.39 Å². The number of benzene rings is 1. The molecule has 1 aromatic rings. The molecule has 0 spiro atoms. The van der Waals surface area contributed by atoms with Crippen LogP contribution in [0, 0.1) is 5.82 Å². The molecule has 106 valence electrons. The highest BCUT2D eigenvalue weighted by molar-refractivity contribution is 6.35. The fraction of sp³-hybridized carbons (Fsp3) is 0.571. The third-order valence-electron chi connectivity index (χ3n) is 3.45. The normalized spacial score (nSPS) is 20.4. The van der Waals surface area contributed by atoms with Crippen LogP contribution >= 0.6 is 23.2 Å². The van der Waals surface area contributed by atoms with Crippen LogP contribution in [0.5, 0.6) is 0 Å². The highest BCUT2D eigenvalue weighted by Gasteiger charge is 2.19. The van der Waals surface area contributed by atoms with E-state index in [0.717, 1.165) is 44.6 Å². The topological polar surface area (TPSA) is 15.3 Å². The van der Waals surface area contributed by atoms with Gasteiger partial charge in [-0.05, 0) is 31.5 Å². The standard InChI is InChI=1S/C14H19Cl2FN2/c1-2-4-10-9-19(6-3-5-18-10)11-7-12(15)14(17)13(16)8-11/h7-8,10,18H,2-6,9H2,1H3. The number of hydrogen-bond acceptors (Lipinski definition) is 2. The number of rotatable bonds is 3. The Kier molecular flexibility index (Phi) is 5.31. The molecule has 0 radical (unpaired) electrons. The Bertz CT molecular complexity index is 416. The van der Waals surface area contributed by atoms with Gasteiger partial charge in [0, 0.05) is 24.8 Å². The molecule has 1 atom stereocenters. The van der Waals surface area contributed by atoms with Crippen LogP contribution in [-0.2, 0) is 0 Å². The second-order valence-corrected chi connectivity index (χ2v) is 5.78. The Balaban J connectivity index is 2.19. The quantitative estimate of drug-likeness (QED) is 0.846. The van der Waals surface area contributed by atoms with Crippen LogP contribution in [0.15, 0.2) is 12.1 Å². The number of anilines is 1. The number of halogens is 3. The predicted molar refractivity (Wildman–Crippen MR) is 79.9 cm³/mol. The molecule has 1 aliphatic heterocycles. The van der Waals surface area contributed by atoms with Gasteiger partial charge in [0.2, 0.25) is 0 Å². The van der Waals surface area contributed by atoms with Crippen molar-refractivity contribution in [3.63, 3.8) is 0 Å². The molecule has 1 N–H and O–H groups in total. The minimum absolute atomic E-state index is 0.0896. The van der Waals surface area contributed by atoms with Crippen LogP contribution in [0.1, 0.15) is 26.2 Å². The molecule has 1 saturated heterocycles. The highest BCUT2D eigenvalue weighted by Crippen LogP contribution is 2.30. The van der Waals surface area contributed by atoms with Crippen molar-refractivity contribution in [1.82, 2.24) is 5.32 Å². The zero-order valence-corrected chi connectivity index (χ0v) is 12.6. The summed E-state index contributed by atoms with van der Waals surface area (Å²) in [6, 6.07) is 3.80. The lowest BCUT2D eigenvalue weighted by Gasteiger charge is -2.26. The zero-order chi connectivity index (χ0) is 13.8. The van der Waals surface area contributed by atoms with E-state index in [2.05, 4.69) is 17.1 Å². The number of hydrogen-bond donors (Lipinski definition) is 1. The van der Waals surface area contributed by atoms with Crippen molar-refractivity contribution in [3.8, 4) is 0 Å². The molecule has 0 bridgehead atoms. The van der Waals surface area contributed by atoms with Crippen molar-refractivity contribution in [2.24, 2.45) is 0 Å². The Morgan fingerprint density at radius 2 is 2.05 bits per heavy atom. The van der Waals surface area contributed by atoms with Crippen LogP contribution in [-0.4, -0.2) is 25.7 Å². The molecule has 1 aromatic carbocycles. The monoisotopic (exact) mass is 304 g/mol. The molecule has 2 rings (SSSR count). The maximum atomic E-state index is 13.5. The van der Waals surface area contributed by atoms with Gasteiger partial charge in [-0.3, -0.25) is 0 Å². The van der Waals surface area contributed by atoms with Gasteiger partial charge in [-0.15, -0.1) is 0 Å². The van der Waals surface area contributed by atoms with E-state index in [1.54, 1.807) is 12.1 Å². The van der Waals surface area contributed by atoms with Gasteiger partial charge < -0.3 is 10.2 Å². The summed E-state index contributed by atoms with van der Waals surface area (Å²) in [6.07, 6.45) is 3.35. The summed E-state index contributed by atoms with van der Waals surface area (Å²) in [5.41, 5.74) is 0.904. The fourth-order valence-electron chi connectivity index (χ4n) is 2.50. The predicted octanol–water partition coefficient (Wildman–Crippen LogP) is 4.10. The van der Waals surface area contributed by atoms with Crippen molar-refractivity contribution in [1.29, 1.82) is 0 Å². The average molecular weight is 305 g/mol. The summed E-state index contributed by atoms with van der Waals surface area (Å²) in [6.45, 7) is 5.05. The molecule has 0 aromatic heterocycles. The van der Waals surface area contributed by atoms with Crippen molar-refractivity contribution < 1.29 is 4.39 Å². The fourth-order valence-corrected chi connectivity index (χ4v) is 2.97. The first kappa shape index (κ1) is 14.9. The first-order valence-corrected chi connectivity index (χ1v) is 7.50.